The van der Waals surface area contributed by atoms with Crippen molar-refractivity contribution in [1.29, 1.82) is 0 Å². The minimum atomic E-state index is -1.08. The predicted octanol–water partition coefficient (Wildman–Crippen LogP) is 4.13. The molecule has 1 unspecified atom stereocenters. The molecule has 1 aliphatic rings. The largest absolute Gasteiger partial charge is 0.492 e. The zero-order chi connectivity index (χ0) is 19.3. The van der Waals surface area contributed by atoms with Gasteiger partial charge in [0.25, 0.3) is 0 Å². The highest BCUT2D eigenvalue weighted by molar-refractivity contribution is 5.40. The molecule has 0 bridgehead atoms. The molecule has 0 amide bonds. The molecule has 0 radical (unpaired) electrons. The van der Waals surface area contributed by atoms with E-state index >= 15 is 0 Å². The van der Waals surface area contributed by atoms with Gasteiger partial charge in [-0.25, -0.2) is 0 Å². The molecule has 1 N–H and O–H groups in total. The Morgan fingerprint density at radius 3 is 2.74 bits per heavy atom. The van der Waals surface area contributed by atoms with E-state index in [0.29, 0.717) is 6.61 Å². The molecule has 0 saturated heterocycles. The molecule has 0 fully saturated rings. The maximum Gasteiger partial charge on any atom is 0.123 e. The minimum absolute atomic E-state index is 0.193. The maximum atomic E-state index is 11.0. The summed E-state index contributed by atoms with van der Waals surface area (Å²) in [5.41, 5.74) is 2.18. The Hall–Kier alpha value is -2.30. The normalized spacial score (nSPS) is 16.4. The molecule has 4 nitrogen and oxygen atoms in total. The van der Waals surface area contributed by atoms with Crippen molar-refractivity contribution in [1.82, 2.24) is 4.90 Å². The Balaban J connectivity index is 1.74. The first-order chi connectivity index (χ1) is 12.9. The highest BCUT2D eigenvalue weighted by atomic mass is 16.5. The number of allylic oxidation sites excluding steroid dienone is 1. The van der Waals surface area contributed by atoms with Gasteiger partial charge in [-0.1, -0.05) is 35.9 Å². The quantitative estimate of drug-likeness (QED) is 0.780. The lowest BCUT2D eigenvalue weighted by Gasteiger charge is -2.25. The second-order valence-corrected chi connectivity index (χ2v) is 7.56. The Labute approximate surface area is 162 Å². The summed E-state index contributed by atoms with van der Waals surface area (Å²) in [5.74, 6) is 1.65. The van der Waals surface area contributed by atoms with Crippen LogP contribution >= 0.6 is 0 Å². The van der Waals surface area contributed by atoms with Gasteiger partial charge >= 0.3 is 0 Å². The second-order valence-electron chi connectivity index (χ2n) is 7.56. The molecule has 1 atom stereocenters. The lowest BCUT2D eigenvalue weighted by Crippen LogP contribution is -2.30. The van der Waals surface area contributed by atoms with Crippen LogP contribution in [-0.4, -0.2) is 36.3 Å². The van der Waals surface area contributed by atoms with Crippen molar-refractivity contribution in [2.24, 2.45) is 0 Å². The van der Waals surface area contributed by atoms with Crippen LogP contribution in [0.1, 0.15) is 31.9 Å². The number of fused-ring (bicyclic) bond motifs is 1. The van der Waals surface area contributed by atoms with Crippen molar-refractivity contribution in [3.05, 3.63) is 71.3 Å². The van der Waals surface area contributed by atoms with Gasteiger partial charge in [-0.05, 0) is 50.6 Å². The minimum Gasteiger partial charge on any atom is -0.492 e. The van der Waals surface area contributed by atoms with Gasteiger partial charge in [-0.3, -0.25) is 4.90 Å². The zero-order valence-corrected chi connectivity index (χ0v) is 16.4. The van der Waals surface area contributed by atoms with E-state index in [2.05, 4.69) is 24.8 Å². The van der Waals surface area contributed by atoms with Crippen LogP contribution in [0.3, 0.4) is 0 Å². The summed E-state index contributed by atoms with van der Waals surface area (Å²) >= 11 is 0. The number of aliphatic hydroxyl groups is 1. The third kappa shape index (κ3) is 5.34. The summed E-state index contributed by atoms with van der Waals surface area (Å²) in [6, 6.07) is 15.5. The highest BCUT2D eigenvalue weighted by Gasteiger charge is 2.26. The van der Waals surface area contributed by atoms with Crippen LogP contribution < -0.4 is 9.47 Å². The van der Waals surface area contributed by atoms with E-state index < -0.39 is 5.60 Å². The van der Waals surface area contributed by atoms with E-state index in [1.54, 1.807) is 6.92 Å². The van der Waals surface area contributed by atoms with Crippen LogP contribution in [0.25, 0.3) is 0 Å². The highest BCUT2D eigenvalue weighted by Crippen LogP contribution is 2.30. The maximum absolute atomic E-state index is 11.0. The van der Waals surface area contributed by atoms with Gasteiger partial charge in [0, 0.05) is 25.2 Å². The molecule has 27 heavy (non-hydrogen) atoms. The molecule has 0 aromatic heterocycles. The summed E-state index contributed by atoms with van der Waals surface area (Å²) in [6.07, 6.45) is 2.23. The van der Waals surface area contributed by atoms with Crippen LogP contribution in [0.2, 0.25) is 0 Å². The Bertz CT molecular complexity index is 779. The smallest absolute Gasteiger partial charge is 0.123 e. The first-order valence-electron chi connectivity index (χ1n) is 9.46. The fourth-order valence-electron chi connectivity index (χ4n) is 3.07. The third-order valence-electron chi connectivity index (χ3n) is 4.76. The van der Waals surface area contributed by atoms with Crippen molar-refractivity contribution in [3.8, 4) is 11.5 Å². The van der Waals surface area contributed by atoms with Gasteiger partial charge < -0.3 is 14.6 Å². The molecular formula is C23H29NO3. The van der Waals surface area contributed by atoms with E-state index in [-0.39, 0.29) is 6.61 Å². The number of para-hydroxylation sites is 1. The second kappa shape index (κ2) is 8.59. The topological polar surface area (TPSA) is 41.9 Å². The molecule has 0 aliphatic carbocycles. The van der Waals surface area contributed by atoms with Crippen molar-refractivity contribution in [3.63, 3.8) is 0 Å². The molecule has 2 aromatic rings. The molecule has 1 aliphatic heterocycles. The zero-order valence-electron chi connectivity index (χ0n) is 16.4. The number of nitrogens with zero attached hydrogens (tertiary/aromatic N) is 1. The molecule has 144 valence electrons. The van der Waals surface area contributed by atoms with Crippen molar-refractivity contribution < 1.29 is 14.6 Å². The Kier molecular flexibility index (Phi) is 6.19. The molecule has 4 heteroatoms. The van der Waals surface area contributed by atoms with Crippen molar-refractivity contribution in [2.75, 3.05) is 26.3 Å². The summed E-state index contributed by atoms with van der Waals surface area (Å²) in [6.45, 7) is 9.49. The lowest BCUT2D eigenvalue weighted by atomic mass is 9.94. The number of hydrogen-bond acceptors (Lipinski definition) is 4. The van der Waals surface area contributed by atoms with Gasteiger partial charge in [-0.15, -0.1) is 0 Å². The number of hydrogen-bond donors (Lipinski definition) is 1. The van der Waals surface area contributed by atoms with E-state index in [0.717, 1.165) is 42.3 Å². The average Bonchev–Trinajstić information content (AvgIpc) is 2.87. The van der Waals surface area contributed by atoms with Crippen LogP contribution in [0.5, 0.6) is 11.5 Å². The van der Waals surface area contributed by atoms with Crippen molar-refractivity contribution >= 4 is 0 Å². The van der Waals surface area contributed by atoms with Gasteiger partial charge in [0.2, 0.25) is 0 Å². The Morgan fingerprint density at radius 2 is 2.00 bits per heavy atom. The van der Waals surface area contributed by atoms with E-state index in [4.69, 9.17) is 9.47 Å². The first kappa shape index (κ1) is 19.5. The summed E-state index contributed by atoms with van der Waals surface area (Å²) < 4.78 is 11.7. The van der Waals surface area contributed by atoms with E-state index in [1.807, 2.05) is 48.5 Å². The average molecular weight is 367 g/mol. The monoisotopic (exact) mass is 367 g/mol. The van der Waals surface area contributed by atoms with Crippen LogP contribution in [0.15, 0.2) is 60.2 Å². The number of ether oxygens (including phenoxy) is 2. The summed E-state index contributed by atoms with van der Waals surface area (Å²) in [7, 11) is 0. The molecule has 1 heterocycles. The van der Waals surface area contributed by atoms with Gasteiger partial charge in [0.15, 0.2) is 0 Å². The van der Waals surface area contributed by atoms with Crippen LogP contribution in [0, 0.1) is 0 Å². The standard InChI is InChI=1S/C23H29NO3/c1-18(2)11-12-24-13-14-26-22-10-9-20(15-19(22)16-24)23(3,25)17-27-21-7-5-4-6-8-21/h4-11,15,25H,12-14,16-17H2,1-3H3. The molecule has 0 spiro atoms. The molecule has 0 saturated carbocycles. The van der Waals surface area contributed by atoms with Crippen LogP contribution in [0.4, 0.5) is 0 Å². The van der Waals surface area contributed by atoms with Gasteiger partial charge in [0.05, 0.1) is 0 Å². The van der Waals surface area contributed by atoms with Gasteiger partial charge in [-0.2, -0.15) is 0 Å². The van der Waals surface area contributed by atoms with E-state index in [9.17, 15) is 5.11 Å². The number of benzene rings is 2. The SMILES string of the molecule is CC(C)=CCN1CCOc2ccc(C(C)(O)COc3ccccc3)cc2C1. The molecule has 3 rings (SSSR count). The number of rotatable bonds is 6. The summed E-state index contributed by atoms with van der Waals surface area (Å²) in [5, 5.41) is 11.0. The molecular weight excluding hydrogens is 338 g/mol. The van der Waals surface area contributed by atoms with Crippen molar-refractivity contribution in [2.45, 2.75) is 32.9 Å². The lowest BCUT2D eigenvalue weighted by molar-refractivity contribution is 0.00748. The molecule has 2 aromatic carbocycles. The van der Waals surface area contributed by atoms with Crippen LogP contribution in [-0.2, 0) is 12.1 Å². The summed E-state index contributed by atoms with van der Waals surface area (Å²) in [4.78, 5) is 2.36. The predicted molar refractivity (Wildman–Crippen MR) is 108 cm³/mol. The Morgan fingerprint density at radius 1 is 1.22 bits per heavy atom. The fourth-order valence-corrected chi connectivity index (χ4v) is 3.07. The van der Waals surface area contributed by atoms with E-state index in [1.165, 1.54) is 5.57 Å². The fraction of sp³-hybridized carbons (Fsp3) is 0.391. The first-order valence-corrected chi connectivity index (χ1v) is 9.46. The van der Waals surface area contributed by atoms with Gasteiger partial charge in [0.1, 0.15) is 30.3 Å². The third-order valence-corrected chi connectivity index (χ3v) is 4.76.